The Morgan fingerprint density at radius 1 is 1.33 bits per heavy atom. The van der Waals surface area contributed by atoms with Gasteiger partial charge in [-0.15, -0.1) is 0 Å². The van der Waals surface area contributed by atoms with E-state index >= 15 is 0 Å². The molecule has 0 aliphatic heterocycles. The first-order valence-electron chi connectivity index (χ1n) is 1.56. The quantitative estimate of drug-likeness (QED) is 0.548. The topological polar surface area (TPSA) is 17.1 Å². The van der Waals surface area contributed by atoms with Gasteiger partial charge in [0.25, 0.3) is 0 Å². The number of carbonyl (C=O) groups excluding carboxylic acids is 1. The molecular formula is C2Cl3MoOS2. The van der Waals surface area contributed by atoms with E-state index in [1.807, 2.05) is 0 Å². The van der Waals surface area contributed by atoms with E-state index in [1.165, 1.54) is 0 Å². The standard InChI is InChI=1S/C2Cl3O.Mo.2S/c3-2(4,5)1-6;;;. The second-order valence-corrected chi connectivity index (χ2v) is 10.6. The van der Waals surface area contributed by atoms with Gasteiger partial charge in [-0.05, 0) is 0 Å². The Hall–Kier alpha value is 1.67. The fraction of sp³-hybridized carbons (Fsp3) is 0.500. The summed E-state index contributed by atoms with van der Waals surface area (Å²) in [5, 5.41) is 0. The monoisotopic (exact) mass is 307 g/mol. The molecule has 7 heteroatoms. The summed E-state index contributed by atoms with van der Waals surface area (Å²) in [6.07, 6.45) is 0. The molecule has 0 aromatic carbocycles. The third-order valence-corrected chi connectivity index (χ3v) is 5.09. The van der Waals surface area contributed by atoms with E-state index in [4.69, 9.17) is 34.8 Å². The van der Waals surface area contributed by atoms with Gasteiger partial charge in [-0.1, -0.05) is 0 Å². The molecular weight excluding hydrogens is 306 g/mol. The number of hydrogen-bond donors (Lipinski definition) is 0. The maximum absolute atomic E-state index is 10.6. The van der Waals surface area contributed by atoms with Gasteiger partial charge in [-0.2, -0.15) is 0 Å². The van der Waals surface area contributed by atoms with Gasteiger partial charge in [0.15, 0.2) is 0 Å². The van der Waals surface area contributed by atoms with E-state index in [9.17, 15) is 4.79 Å². The molecule has 0 saturated heterocycles. The van der Waals surface area contributed by atoms with Crippen LogP contribution in [0.15, 0.2) is 0 Å². The van der Waals surface area contributed by atoms with E-state index in [0.717, 1.165) is 0 Å². The first-order chi connectivity index (χ1) is 3.85. The summed E-state index contributed by atoms with van der Waals surface area (Å²) in [6, 6.07) is 0. The molecule has 0 fully saturated rings. The second-order valence-electron chi connectivity index (χ2n) is 1.02. The maximum atomic E-state index is 10.6. The first-order valence-corrected chi connectivity index (χ1v) is 9.28. The van der Waals surface area contributed by atoms with Crippen LogP contribution in [0.5, 0.6) is 0 Å². The summed E-state index contributed by atoms with van der Waals surface area (Å²) in [7, 11) is 9.06. The fourth-order valence-electron chi connectivity index (χ4n) is 0.0945. The van der Waals surface area contributed by atoms with E-state index in [-0.39, 0.29) is 0 Å². The number of halogens is 3. The van der Waals surface area contributed by atoms with Crippen molar-refractivity contribution >= 4 is 58.6 Å². The summed E-state index contributed by atoms with van der Waals surface area (Å²) < 4.78 is -2.44. The van der Waals surface area contributed by atoms with Crippen LogP contribution in [0.1, 0.15) is 0 Å². The first kappa shape index (κ1) is 10.7. The molecule has 0 unspecified atom stereocenters. The van der Waals surface area contributed by atoms with Crippen molar-refractivity contribution in [3.63, 3.8) is 0 Å². The van der Waals surface area contributed by atoms with Gasteiger partial charge in [0.1, 0.15) is 0 Å². The molecule has 0 bridgehead atoms. The zero-order valence-corrected chi connectivity index (χ0v) is 9.67. The van der Waals surface area contributed by atoms with Crippen LogP contribution in [0.2, 0.25) is 0 Å². The Bertz CT molecular complexity index is 184. The molecule has 0 N–H and O–H groups in total. The number of alkyl halides is 3. The van der Waals surface area contributed by atoms with Crippen molar-refractivity contribution in [1.82, 2.24) is 0 Å². The van der Waals surface area contributed by atoms with Gasteiger partial charge in [0.05, 0.1) is 0 Å². The van der Waals surface area contributed by atoms with Crippen LogP contribution in [-0.2, 0) is 18.5 Å². The van der Waals surface area contributed by atoms with E-state index in [0.29, 0.717) is 0 Å². The average Bonchev–Trinajstić information content (AvgIpc) is 1.62. The fourth-order valence-corrected chi connectivity index (χ4v) is 5.03. The van der Waals surface area contributed by atoms with E-state index in [2.05, 4.69) is 19.6 Å². The Labute approximate surface area is 80.1 Å². The molecule has 0 saturated carbocycles. The Morgan fingerprint density at radius 3 is 1.67 bits per heavy atom. The molecule has 0 aromatic heterocycles. The predicted molar refractivity (Wildman–Crippen MR) is 40.5 cm³/mol. The third kappa shape index (κ3) is 4.18. The molecule has 0 spiro atoms. The van der Waals surface area contributed by atoms with Gasteiger partial charge in [-0.25, -0.2) is 0 Å². The summed E-state index contributed by atoms with van der Waals surface area (Å²) in [4.78, 5) is 10.6. The molecule has 0 amide bonds. The molecule has 0 rings (SSSR count). The van der Waals surface area contributed by atoms with Gasteiger partial charge < -0.3 is 0 Å². The van der Waals surface area contributed by atoms with Gasteiger partial charge in [0.2, 0.25) is 0 Å². The summed E-state index contributed by atoms with van der Waals surface area (Å²) in [5.74, 6) is 0. The zero-order chi connectivity index (χ0) is 7.65. The zero-order valence-electron chi connectivity index (χ0n) is 3.77. The van der Waals surface area contributed by atoms with Crippen molar-refractivity contribution in [2.75, 3.05) is 0 Å². The van der Waals surface area contributed by atoms with E-state index < -0.39 is 21.6 Å². The number of rotatable bonds is 1. The van der Waals surface area contributed by atoms with Crippen LogP contribution in [0, 0.1) is 0 Å². The van der Waals surface area contributed by atoms with Crippen LogP contribution < -0.4 is 0 Å². The van der Waals surface area contributed by atoms with Crippen LogP contribution in [0.3, 0.4) is 0 Å². The van der Waals surface area contributed by atoms with Crippen molar-refractivity contribution in [2.45, 2.75) is 3.79 Å². The van der Waals surface area contributed by atoms with Crippen LogP contribution >= 0.6 is 54.4 Å². The molecule has 0 aliphatic rings. The molecule has 9 heavy (non-hydrogen) atoms. The Kier molecular flexibility index (Phi) is 4.61. The molecule has 53 valence electrons. The molecule has 0 aromatic rings. The van der Waals surface area contributed by atoms with Crippen LogP contribution in [-0.4, -0.2) is 7.97 Å². The minimum absolute atomic E-state index is 0.568. The second kappa shape index (κ2) is 3.89. The van der Waals surface area contributed by atoms with Gasteiger partial charge in [0, 0.05) is 0 Å². The van der Waals surface area contributed by atoms with E-state index in [1.54, 1.807) is 0 Å². The van der Waals surface area contributed by atoms with Crippen molar-refractivity contribution in [2.24, 2.45) is 0 Å². The normalized spacial score (nSPS) is 11.0. The SMILES string of the molecule is O=[C]([Mo](=[S])=[S])C(Cl)(Cl)Cl. The Morgan fingerprint density at radius 2 is 1.67 bits per heavy atom. The number of hydrogen-bond acceptors (Lipinski definition) is 3. The Balaban J connectivity index is 4.42. The molecule has 0 aliphatic carbocycles. The molecule has 0 atom stereocenters. The number of carbonyl (C=O) groups is 1. The van der Waals surface area contributed by atoms with Crippen molar-refractivity contribution in [3.8, 4) is 0 Å². The molecule has 1 nitrogen and oxygen atoms in total. The van der Waals surface area contributed by atoms with Gasteiger partial charge >= 0.3 is 80.9 Å². The minimum atomic E-state index is -2.53. The average molecular weight is 306 g/mol. The van der Waals surface area contributed by atoms with Crippen molar-refractivity contribution in [3.05, 3.63) is 0 Å². The molecule has 0 heterocycles. The van der Waals surface area contributed by atoms with Crippen molar-refractivity contribution < 1.29 is 18.5 Å². The van der Waals surface area contributed by atoms with Crippen molar-refractivity contribution in [1.29, 1.82) is 0 Å². The molecule has 0 radical (unpaired) electrons. The third-order valence-electron chi connectivity index (χ3n) is 0.383. The predicted octanol–water partition coefficient (Wildman–Crippen LogP) is 2.73. The summed E-state index contributed by atoms with van der Waals surface area (Å²) >= 11 is 13.0. The summed E-state index contributed by atoms with van der Waals surface area (Å²) in [6.45, 7) is 0. The van der Waals surface area contributed by atoms with Crippen LogP contribution in [0.4, 0.5) is 0 Å². The summed E-state index contributed by atoms with van der Waals surface area (Å²) in [5.41, 5.74) is 0. The van der Waals surface area contributed by atoms with Gasteiger partial charge in [-0.3, -0.25) is 0 Å². The van der Waals surface area contributed by atoms with Crippen LogP contribution in [0.25, 0.3) is 0 Å².